The van der Waals surface area contributed by atoms with Gasteiger partial charge in [-0.15, -0.1) is 0 Å². The number of ether oxygens (including phenoxy) is 2. The highest BCUT2D eigenvalue weighted by Crippen LogP contribution is 2.17. The van der Waals surface area contributed by atoms with Crippen molar-refractivity contribution in [3.63, 3.8) is 0 Å². The molecule has 0 aliphatic heterocycles. The lowest BCUT2D eigenvalue weighted by atomic mass is 9.95. The van der Waals surface area contributed by atoms with Crippen LogP contribution in [0.2, 0.25) is 0 Å². The summed E-state index contributed by atoms with van der Waals surface area (Å²) in [7, 11) is 1.39. The second-order valence-electron chi connectivity index (χ2n) is 3.12. The smallest absolute Gasteiger partial charge is 0.313 e. The summed E-state index contributed by atoms with van der Waals surface area (Å²) in [5.41, 5.74) is -0.527. The summed E-state index contributed by atoms with van der Waals surface area (Å²) in [5, 5.41) is 0. The highest BCUT2D eigenvalue weighted by atomic mass is 127. The summed E-state index contributed by atoms with van der Waals surface area (Å²) in [6, 6.07) is 0. The highest BCUT2D eigenvalue weighted by molar-refractivity contribution is 14.1. The van der Waals surface area contributed by atoms with Crippen LogP contribution in [0.4, 0.5) is 0 Å². The standard InChI is InChI=1S/C8H15IO3/c1-8(2,7(10)11-3)6-12-5-4-9/h4-6H2,1-3H3. The minimum absolute atomic E-state index is 0.226. The molecule has 0 aromatic carbocycles. The minimum Gasteiger partial charge on any atom is -0.469 e. The largest absolute Gasteiger partial charge is 0.469 e. The first kappa shape index (κ1) is 12.2. The average molecular weight is 286 g/mol. The Bertz CT molecular complexity index is 145. The van der Waals surface area contributed by atoms with Crippen molar-refractivity contribution in [3.05, 3.63) is 0 Å². The molecule has 12 heavy (non-hydrogen) atoms. The number of rotatable bonds is 5. The number of alkyl halides is 1. The Kier molecular flexibility index (Phi) is 5.82. The molecular formula is C8H15IO3. The maximum atomic E-state index is 11.1. The summed E-state index contributed by atoms with van der Waals surface area (Å²) < 4.78 is 10.8. The van der Waals surface area contributed by atoms with E-state index < -0.39 is 5.41 Å². The Hall–Kier alpha value is 0.160. The normalized spacial score (nSPS) is 11.3. The van der Waals surface area contributed by atoms with E-state index in [1.807, 2.05) is 13.8 Å². The van der Waals surface area contributed by atoms with Gasteiger partial charge >= 0.3 is 5.97 Å². The van der Waals surface area contributed by atoms with E-state index in [1.54, 1.807) is 0 Å². The number of halogens is 1. The molecule has 0 bridgehead atoms. The third-order valence-corrected chi connectivity index (χ3v) is 1.86. The monoisotopic (exact) mass is 286 g/mol. The van der Waals surface area contributed by atoms with Gasteiger partial charge in [-0.25, -0.2) is 0 Å². The van der Waals surface area contributed by atoms with Gasteiger partial charge < -0.3 is 9.47 Å². The Morgan fingerprint density at radius 1 is 1.50 bits per heavy atom. The summed E-state index contributed by atoms with van der Waals surface area (Å²) in [6.07, 6.45) is 0. The molecule has 0 spiro atoms. The van der Waals surface area contributed by atoms with E-state index in [0.717, 1.165) is 4.43 Å². The molecule has 0 unspecified atom stereocenters. The lowest BCUT2D eigenvalue weighted by molar-refractivity contribution is -0.154. The maximum Gasteiger partial charge on any atom is 0.313 e. The number of carbonyl (C=O) groups excluding carboxylic acids is 1. The second-order valence-corrected chi connectivity index (χ2v) is 4.20. The van der Waals surface area contributed by atoms with Crippen molar-refractivity contribution in [2.24, 2.45) is 5.41 Å². The fourth-order valence-corrected chi connectivity index (χ4v) is 1.03. The zero-order chi connectivity index (χ0) is 9.61. The summed E-state index contributed by atoms with van der Waals surface area (Å²) in [4.78, 5) is 11.1. The van der Waals surface area contributed by atoms with Gasteiger partial charge in [0.25, 0.3) is 0 Å². The summed E-state index contributed by atoms with van der Waals surface area (Å²) >= 11 is 2.22. The van der Waals surface area contributed by atoms with Crippen LogP contribution in [0, 0.1) is 5.41 Å². The number of esters is 1. The van der Waals surface area contributed by atoms with Gasteiger partial charge in [-0.2, -0.15) is 0 Å². The zero-order valence-corrected chi connectivity index (χ0v) is 9.88. The third-order valence-electron chi connectivity index (χ3n) is 1.42. The van der Waals surface area contributed by atoms with E-state index >= 15 is 0 Å². The Labute approximate surface area is 86.9 Å². The first-order chi connectivity index (χ1) is 5.54. The van der Waals surface area contributed by atoms with Crippen LogP contribution >= 0.6 is 22.6 Å². The Morgan fingerprint density at radius 2 is 2.08 bits per heavy atom. The maximum absolute atomic E-state index is 11.1. The van der Waals surface area contributed by atoms with Crippen molar-refractivity contribution in [1.29, 1.82) is 0 Å². The Morgan fingerprint density at radius 3 is 2.50 bits per heavy atom. The van der Waals surface area contributed by atoms with Crippen molar-refractivity contribution in [2.45, 2.75) is 13.8 Å². The molecule has 0 saturated carbocycles. The van der Waals surface area contributed by atoms with Gasteiger partial charge in [0.05, 0.1) is 25.7 Å². The highest BCUT2D eigenvalue weighted by Gasteiger charge is 2.28. The third kappa shape index (κ3) is 4.25. The van der Waals surface area contributed by atoms with Crippen LogP contribution in [0.25, 0.3) is 0 Å². The second kappa shape index (κ2) is 5.75. The van der Waals surface area contributed by atoms with Crippen LogP contribution in [0.5, 0.6) is 0 Å². The first-order valence-corrected chi connectivity index (χ1v) is 5.29. The van der Waals surface area contributed by atoms with Crippen LogP contribution in [0.15, 0.2) is 0 Å². The molecule has 4 heteroatoms. The van der Waals surface area contributed by atoms with Crippen LogP contribution in [0.1, 0.15) is 13.8 Å². The molecule has 0 aliphatic rings. The molecule has 0 rings (SSSR count). The number of hydrogen-bond acceptors (Lipinski definition) is 3. The van der Waals surface area contributed by atoms with Crippen LogP contribution in [-0.4, -0.2) is 30.7 Å². The number of methoxy groups -OCH3 is 1. The fraction of sp³-hybridized carbons (Fsp3) is 0.875. The molecule has 0 atom stereocenters. The van der Waals surface area contributed by atoms with E-state index in [-0.39, 0.29) is 5.97 Å². The SMILES string of the molecule is COC(=O)C(C)(C)COCCI. The van der Waals surface area contributed by atoms with E-state index in [1.165, 1.54) is 7.11 Å². The van der Waals surface area contributed by atoms with Crippen molar-refractivity contribution < 1.29 is 14.3 Å². The van der Waals surface area contributed by atoms with Gasteiger partial charge in [-0.1, -0.05) is 22.6 Å². The van der Waals surface area contributed by atoms with E-state index in [4.69, 9.17) is 4.74 Å². The van der Waals surface area contributed by atoms with Crippen LogP contribution in [0.3, 0.4) is 0 Å². The lowest BCUT2D eigenvalue weighted by Gasteiger charge is -2.20. The van der Waals surface area contributed by atoms with Crippen molar-refractivity contribution >= 4 is 28.6 Å². The average Bonchev–Trinajstić information content (AvgIpc) is 2.03. The summed E-state index contributed by atoms with van der Waals surface area (Å²) in [6.45, 7) is 4.72. The molecule has 0 amide bonds. The van der Waals surface area contributed by atoms with Gasteiger partial charge in [0.2, 0.25) is 0 Å². The topological polar surface area (TPSA) is 35.5 Å². The quantitative estimate of drug-likeness (QED) is 0.333. The predicted molar refractivity (Wildman–Crippen MR) is 55.5 cm³/mol. The number of carbonyl (C=O) groups is 1. The van der Waals surface area contributed by atoms with Gasteiger partial charge in [0.15, 0.2) is 0 Å². The molecule has 72 valence electrons. The van der Waals surface area contributed by atoms with Crippen molar-refractivity contribution in [2.75, 3.05) is 24.8 Å². The van der Waals surface area contributed by atoms with Gasteiger partial charge in [-0.3, -0.25) is 4.79 Å². The lowest BCUT2D eigenvalue weighted by Crippen LogP contribution is -2.31. The molecule has 0 N–H and O–H groups in total. The molecule has 0 heterocycles. The molecular weight excluding hydrogens is 271 g/mol. The molecule has 0 saturated heterocycles. The molecule has 0 fully saturated rings. The molecule has 3 nitrogen and oxygen atoms in total. The summed E-state index contributed by atoms with van der Waals surface area (Å²) in [5.74, 6) is -0.226. The van der Waals surface area contributed by atoms with E-state index in [0.29, 0.717) is 13.2 Å². The molecule has 0 aliphatic carbocycles. The van der Waals surface area contributed by atoms with Gasteiger partial charge in [0, 0.05) is 4.43 Å². The molecule has 0 aromatic heterocycles. The van der Waals surface area contributed by atoms with E-state index in [2.05, 4.69) is 27.3 Å². The first-order valence-electron chi connectivity index (χ1n) is 3.76. The van der Waals surface area contributed by atoms with Crippen molar-refractivity contribution in [3.8, 4) is 0 Å². The zero-order valence-electron chi connectivity index (χ0n) is 7.72. The van der Waals surface area contributed by atoms with Crippen molar-refractivity contribution in [1.82, 2.24) is 0 Å². The van der Waals surface area contributed by atoms with Crippen LogP contribution < -0.4 is 0 Å². The van der Waals surface area contributed by atoms with Crippen LogP contribution in [-0.2, 0) is 14.3 Å². The van der Waals surface area contributed by atoms with Gasteiger partial charge in [0.1, 0.15) is 0 Å². The number of hydrogen-bond donors (Lipinski definition) is 0. The predicted octanol–water partition coefficient (Wildman–Crippen LogP) is 1.64. The van der Waals surface area contributed by atoms with E-state index in [9.17, 15) is 4.79 Å². The minimum atomic E-state index is -0.527. The Balaban J connectivity index is 3.78. The van der Waals surface area contributed by atoms with Gasteiger partial charge in [-0.05, 0) is 13.8 Å². The molecule has 0 aromatic rings. The molecule has 0 radical (unpaired) electrons. The fourth-order valence-electron chi connectivity index (χ4n) is 0.717.